The molecule has 9 nitrogen and oxygen atoms in total. The van der Waals surface area contributed by atoms with Gasteiger partial charge in [-0.2, -0.15) is 5.10 Å². The summed E-state index contributed by atoms with van der Waals surface area (Å²) in [6.45, 7) is 2.40. The summed E-state index contributed by atoms with van der Waals surface area (Å²) in [5, 5.41) is 19.2. The number of aromatic amines is 1. The number of hydrogen-bond donors (Lipinski definition) is 2. The average Bonchev–Trinajstić information content (AvgIpc) is 3.60. The molecular formula is C24H21N7O2S. The molecule has 0 aliphatic carbocycles. The third kappa shape index (κ3) is 4.91. The fraction of sp³-hybridized carbons (Fsp3) is 0.125. The Morgan fingerprint density at radius 1 is 1.09 bits per heavy atom. The molecule has 34 heavy (non-hydrogen) atoms. The zero-order chi connectivity index (χ0) is 23.3. The summed E-state index contributed by atoms with van der Waals surface area (Å²) in [5.74, 6) is 2.58. The molecule has 0 saturated carbocycles. The van der Waals surface area contributed by atoms with Gasteiger partial charge in [0.1, 0.15) is 5.82 Å². The van der Waals surface area contributed by atoms with E-state index in [0.29, 0.717) is 34.8 Å². The lowest BCUT2D eigenvalue weighted by Crippen LogP contribution is -2.15. The number of carbonyl (C=O) groups is 1. The van der Waals surface area contributed by atoms with E-state index >= 15 is 0 Å². The fourth-order valence-corrected chi connectivity index (χ4v) is 4.16. The van der Waals surface area contributed by atoms with Crippen molar-refractivity contribution in [2.24, 2.45) is 0 Å². The van der Waals surface area contributed by atoms with E-state index in [2.05, 4.69) is 30.7 Å². The molecule has 170 valence electrons. The third-order valence-corrected chi connectivity index (χ3v) is 5.94. The molecule has 0 fully saturated rings. The van der Waals surface area contributed by atoms with Crippen LogP contribution in [0.4, 0.5) is 5.69 Å². The van der Waals surface area contributed by atoms with E-state index in [4.69, 9.17) is 4.42 Å². The summed E-state index contributed by atoms with van der Waals surface area (Å²) < 4.78 is 7.50. The van der Waals surface area contributed by atoms with Gasteiger partial charge in [0.05, 0.1) is 18.6 Å². The number of thioether (sulfide) groups is 1. The quantitative estimate of drug-likeness (QED) is 0.322. The second-order valence-corrected chi connectivity index (χ2v) is 8.46. The summed E-state index contributed by atoms with van der Waals surface area (Å²) in [6, 6.07) is 21.1. The number of anilines is 1. The largest absolute Gasteiger partial charge is 0.461 e. The van der Waals surface area contributed by atoms with Crippen LogP contribution < -0.4 is 5.32 Å². The Labute approximate surface area is 199 Å². The van der Waals surface area contributed by atoms with Crippen LogP contribution >= 0.6 is 11.8 Å². The topological polar surface area (TPSA) is 115 Å². The molecule has 0 saturated heterocycles. The maximum Gasteiger partial charge on any atom is 0.234 e. The first kappa shape index (κ1) is 21.7. The van der Waals surface area contributed by atoms with E-state index in [1.54, 1.807) is 6.26 Å². The van der Waals surface area contributed by atoms with Crippen LogP contribution in [0.1, 0.15) is 11.4 Å². The minimum atomic E-state index is -0.151. The molecule has 3 aromatic heterocycles. The Morgan fingerprint density at radius 3 is 2.74 bits per heavy atom. The first-order valence-corrected chi connectivity index (χ1v) is 11.6. The standard InChI is InChI=1S/C24H21N7O2S/c1-16-25-22(28-27-16)18-9-5-10-19(13-18)26-21(32)15-34-24-30-29-23(20-11-6-12-33-20)31(24)14-17-7-3-2-4-8-17/h2-13H,14-15H2,1H3,(H,26,32)(H,25,27,28). The van der Waals surface area contributed by atoms with Gasteiger partial charge in [0.15, 0.2) is 16.7 Å². The van der Waals surface area contributed by atoms with E-state index in [9.17, 15) is 4.79 Å². The second-order valence-electron chi connectivity index (χ2n) is 7.52. The molecule has 5 rings (SSSR count). The van der Waals surface area contributed by atoms with Crippen LogP contribution in [0.5, 0.6) is 0 Å². The van der Waals surface area contributed by atoms with Crippen LogP contribution in [0.2, 0.25) is 0 Å². The minimum Gasteiger partial charge on any atom is -0.461 e. The van der Waals surface area contributed by atoms with Crippen LogP contribution in [-0.2, 0) is 11.3 Å². The third-order valence-electron chi connectivity index (χ3n) is 4.98. The van der Waals surface area contributed by atoms with Crippen LogP contribution in [0, 0.1) is 6.92 Å². The molecule has 2 N–H and O–H groups in total. The van der Waals surface area contributed by atoms with E-state index in [1.165, 1.54) is 11.8 Å². The predicted molar refractivity (Wildman–Crippen MR) is 129 cm³/mol. The fourth-order valence-electron chi connectivity index (χ4n) is 3.43. The average molecular weight is 472 g/mol. The summed E-state index contributed by atoms with van der Waals surface area (Å²) in [6.07, 6.45) is 1.60. The van der Waals surface area contributed by atoms with Crippen LogP contribution in [0.15, 0.2) is 82.6 Å². The van der Waals surface area contributed by atoms with Gasteiger partial charge in [0.25, 0.3) is 0 Å². The van der Waals surface area contributed by atoms with Crippen molar-refractivity contribution in [1.29, 1.82) is 0 Å². The molecule has 1 amide bonds. The zero-order valence-electron chi connectivity index (χ0n) is 18.3. The molecule has 0 bridgehead atoms. The number of aryl methyl sites for hydroxylation is 1. The molecule has 0 unspecified atom stereocenters. The van der Waals surface area contributed by atoms with Gasteiger partial charge in [-0.25, -0.2) is 4.98 Å². The van der Waals surface area contributed by atoms with Crippen molar-refractivity contribution >= 4 is 23.4 Å². The Balaban J connectivity index is 1.30. The maximum absolute atomic E-state index is 12.7. The summed E-state index contributed by atoms with van der Waals surface area (Å²) in [5.41, 5.74) is 2.59. The number of carbonyl (C=O) groups excluding carboxylic acids is 1. The molecule has 5 aromatic rings. The van der Waals surface area contributed by atoms with Crippen molar-refractivity contribution < 1.29 is 9.21 Å². The van der Waals surface area contributed by atoms with Gasteiger partial charge < -0.3 is 9.73 Å². The summed E-state index contributed by atoms with van der Waals surface area (Å²) >= 11 is 1.32. The van der Waals surface area contributed by atoms with E-state index in [0.717, 1.165) is 17.0 Å². The number of benzene rings is 2. The molecule has 10 heteroatoms. The molecule has 0 aliphatic rings. The van der Waals surface area contributed by atoms with Crippen molar-refractivity contribution in [3.63, 3.8) is 0 Å². The van der Waals surface area contributed by atoms with E-state index in [1.807, 2.05) is 78.2 Å². The first-order valence-electron chi connectivity index (χ1n) is 10.6. The van der Waals surface area contributed by atoms with Gasteiger partial charge in [-0.05, 0) is 36.8 Å². The Kier molecular flexibility index (Phi) is 6.21. The second kappa shape index (κ2) is 9.75. The molecular weight excluding hydrogens is 450 g/mol. The van der Waals surface area contributed by atoms with Crippen molar-refractivity contribution in [1.82, 2.24) is 29.9 Å². The van der Waals surface area contributed by atoms with Crippen molar-refractivity contribution in [2.45, 2.75) is 18.6 Å². The minimum absolute atomic E-state index is 0.151. The predicted octanol–water partition coefficient (Wildman–Crippen LogP) is 4.41. The number of nitrogens with zero attached hydrogens (tertiary/aromatic N) is 5. The van der Waals surface area contributed by atoms with Gasteiger partial charge in [-0.3, -0.25) is 14.5 Å². The van der Waals surface area contributed by atoms with Crippen molar-refractivity contribution in [3.05, 3.63) is 84.4 Å². The zero-order valence-corrected chi connectivity index (χ0v) is 19.1. The molecule has 2 aromatic carbocycles. The van der Waals surface area contributed by atoms with Crippen LogP contribution in [0.25, 0.3) is 23.0 Å². The SMILES string of the molecule is Cc1nc(-c2cccc(NC(=O)CSc3nnc(-c4ccco4)n3Cc3ccccc3)c2)n[nH]1. The highest BCUT2D eigenvalue weighted by atomic mass is 32.2. The molecule has 0 atom stereocenters. The highest BCUT2D eigenvalue weighted by Gasteiger charge is 2.18. The summed E-state index contributed by atoms with van der Waals surface area (Å²) in [7, 11) is 0. The molecule has 0 radical (unpaired) electrons. The number of hydrogen-bond acceptors (Lipinski definition) is 7. The normalized spacial score (nSPS) is 11.0. The summed E-state index contributed by atoms with van der Waals surface area (Å²) in [4.78, 5) is 17.0. The molecule has 0 spiro atoms. The van der Waals surface area contributed by atoms with Gasteiger partial charge in [0.2, 0.25) is 11.7 Å². The Morgan fingerprint density at radius 2 is 1.97 bits per heavy atom. The first-order chi connectivity index (χ1) is 16.7. The van der Waals surface area contributed by atoms with Crippen LogP contribution in [0.3, 0.4) is 0 Å². The van der Waals surface area contributed by atoms with E-state index < -0.39 is 0 Å². The van der Waals surface area contributed by atoms with Gasteiger partial charge in [-0.15, -0.1) is 10.2 Å². The monoisotopic (exact) mass is 471 g/mol. The van der Waals surface area contributed by atoms with Crippen molar-refractivity contribution in [3.8, 4) is 23.0 Å². The number of furan rings is 1. The highest BCUT2D eigenvalue weighted by molar-refractivity contribution is 7.99. The molecule has 3 heterocycles. The lowest BCUT2D eigenvalue weighted by atomic mass is 10.2. The Hall–Kier alpha value is -4.18. The van der Waals surface area contributed by atoms with Gasteiger partial charge in [-0.1, -0.05) is 54.2 Å². The number of rotatable bonds is 8. The Bertz CT molecular complexity index is 1390. The maximum atomic E-state index is 12.7. The van der Waals surface area contributed by atoms with Crippen molar-refractivity contribution in [2.75, 3.05) is 11.1 Å². The highest BCUT2D eigenvalue weighted by Crippen LogP contribution is 2.26. The molecule has 0 aliphatic heterocycles. The smallest absolute Gasteiger partial charge is 0.234 e. The number of amides is 1. The van der Waals surface area contributed by atoms with Gasteiger partial charge >= 0.3 is 0 Å². The van der Waals surface area contributed by atoms with Gasteiger partial charge in [0, 0.05) is 11.3 Å². The van der Waals surface area contributed by atoms with E-state index in [-0.39, 0.29) is 11.7 Å². The number of aromatic nitrogens is 6. The number of nitrogens with one attached hydrogen (secondary N) is 2. The lowest BCUT2D eigenvalue weighted by molar-refractivity contribution is -0.113. The lowest BCUT2D eigenvalue weighted by Gasteiger charge is -2.10. The number of H-pyrrole nitrogens is 1. The van der Waals surface area contributed by atoms with Crippen LogP contribution in [-0.4, -0.2) is 41.6 Å².